The molecule has 6 nitrogen and oxygen atoms in total. The summed E-state index contributed by atoms with van der Waals surface area (Å²) in [5.74, 6) is -1.06. The van der Waals surface area contributed by atoms with E-state index in [0.717, 1.165) is 17.5 Å². The molecule has 0 radical (unpaired) electrons. The van der Waals surface area contributed by atoms with E-state index in [0.29, 0.717) is 19.3 Å². The zero-order chi connectivity index (χ0) is 20.2. The van der Waals surface area contributed by atoms with E-state index < -0.39 is 11.9 Å². The third-order valence-electron chi connectivity index (χ3n) is 3.94. The summed E-state index contributed by atoms with van der Waals surface area (Å²) in [6.45, 7) is 1.84. The van der Waals surface area contributed by atoms with Gasteiger partial charge in [0, 0.05) is 18.8 Å². The van der Waals surface area contributed by atoms with Gasteiger partial charge < -0.3 is 20.4 Å². The van der Waals surface area contributed by atoms with Crippen molar-refractivity contribution in [2.75, 3.05) is 0 Å². The number of carboxylic acid groups (broad SMARTS) is 2. The molecule has 0 amide bonds. The van der Waals surface area contributed by atoms with Crippen LogP contribution in [-0.2, 0) is 9.59 Å². The molecule has 2 aromatic carbocycles. The molecule has 27 heavy (non-hydrogen) atoms. The summed E-state index contributed by atoms with van der Waals surface area (Å²) in [4.78, 5) is 20.3. The van der Waals surface area contributed by atoms with E-state index >= 15 is 0 Å². The van der Waals surface area contributed by atoms with Crippen molar-refractivity contribution in [1.82, 2.24) is 0 Å². The Labute approximate surface area is 158 Å². The summed E-state index contributed by atoms with van der Waals surface area (Å²) in [5, 5.41) is 35.5. The average Bonchev–Trinajstić information content (AvgIpc) is 2.61. The minimum atomic E-state index is -0.801. The summed E-state index contributed by atoms with van der Waals surface area (Å²) in [6.07, 6.45) is 2.42. The van der Waals surface area contributed by atoms with Crippen LogP contribution in [0.2, 0.25) is 0 Å². The quantitative estimate of drug-likeness (QED) is 0.546. The van der Waals surface area contributed by atoms with Crippen molar-refractivity contribution in [2.45, 2.75) is 44.9 Å². The lowest BCUT2D eigenvalue weighted by Gasteiger charge is -2.18. The number of carbonyl (C=O) groups is 2. The second-order valence-electron chi connectivity index (χ2n) is 6.17. The van der Waals surface area contributed by atoms with Crippen molar-refractivity contribution < 1.29 is 30.0 Å². The highest BCUT2D eigenvalue weighted by Crippen LogP contribution is 2.31. The van der Waals surface area contributed by atoms with Crippen LogP contribution in [0.3, 0.4) is 0 Å². The molecule has 2 rings (SSSR count). The maximum absolute atomic E-state index is 10.7. The second-order valence-corrected chi connectivity index (χ2v) is 6.17. The van der Waals surface area contributed by atoms with Crippen molar-refractivity contribution in [1.29, 1.82) is 0 Å². The lowest BCUT2D eigenvalue weighted by atomic mass is 9.87. The molecule has 0 aliphatic heterocycles. The molecule has 2 aromatic rings. The molecule has 0 bridgehead atoms. The Morgan fingerprint density at radius 1 is 0.778 bits per heavy atom. The molecule has 0 aromatic heterocycles. The van der Waals surface area contributed by atoms with E-state index in [1.54, 1.807) is 24.3 Å². The van der Waals surface area contributed by atoms with E-state index in [1.165, 1.54) is 0 Å². The second kappa shape index (κ2) is 11.6. The standard InChI is InChI=1S/C17H18O4.C4H8O2/c18-14-8-4-12(5-9-14)16(2-1-3-17(20)21)13-6-10-15(19)11-7-13;1-2-3-4(5)6/h4-11,16,18-19H,1-3H2,(H,20,21);2-3H2,1H3,(H,5,6). The first-order valence-electron chi connectivity index (χ1n) is 8.85. The molecule has 4 N–H and O–H groups in total. The van der Waals surface area contributed by atoms with Gasteiger partial charge in [0.1, 0.15) is 11.5 Å². The smallest absolute Gasteiger partial charge is 0.303 e. The van der Waals surface area contributed by atoms with Crippen LogP contribution in [0.25, 0.3) is 0 Å². The van der Waals surface area contributed by atoms with Gasteiger partial charge in [-0.2, -0.15) is 0 Å². The normalized spacial score (nSPS) is 10.1. The van der Waals surface area contributed by atoms with Gasteiger partial charge in [0.05, 0.1) is 0 Å². The molecule has 0 aliphatic rings. The first-order chi connectivity index (χ1) is 12.8. The summed E-state index contributed by atoms with van der Waals surface area (Å²) in [5.41, 5.74) is 2.03. The lowest BCUT2D eigenvalue weighted by molar-refractivity contribution is -0.138. The summed E-state index contributed by atoms with van der Waals surface area (Å²) >= 11 is 0. The van der Waals surface area contributed by atoms with Crippen molar-refractivity contribution in [3.63, 3.8) is 0 Å². The summed E-state index contributed by atoms with van der Waals surface area (Å²) in [6, 6.07) is 13.9. The zero-order valence-corrected chi connectivity index (χ0v) is 15.3. The Balaban J connectivity index is 0.000000527. The molecule has 0 saturated heterocycles. The number of benzene rings is 2. The summed E-state index contributed by atoms with van der Waals surface area (Å²) < 4.78 is 0. The third kappa shape index (κ3) is 8.76. The van der Waals surface area contributed by atoms with Crippen LogP contribution in [0.5, 0.6) is 11.5 Å². The summed E-state index contributed by atoms with van der Waals surface area (Å²) in [7, 11) is 0. The van der Waals surface area contributed by atoms with Crippen LogP contribution in [-0.4, -0.2) is 32.4 Å². The van der Waals surface area contributed by atoms with Gasteiger partial charge >= 0.3 is 11.9 Å². The van der Waals surface area contributed by atoms with E-state index in [4.69, 9.17) is 10.2 Å². The molecule has 0 atom stereocenters. The Kier molecular flexibility index (Phi) is 9.43. The van der Waals surface area contributed by atoms with Crippen LogP contribution >= 0.6 is 0 Å². The number of hydrogen-bond donors (Lipinski definition) is 4. The maximum Gasteiger partial charge on any atom is 0.303 e. The van der Waals surface area contributed by atoms with Crippen LogP contribution in [0.15, 0.2) is 48.5 Å². The van der Waals surface area contributed by atoms with Crippen molar-refractivity contribution in [3.05, 3.63) is 59.7 Å². The average molecular weight is 374 g/mol. The molecule has 0 heterocycles. The highest BCUT2D eigenvalue weighted by molar-refractivity contribution is 5.66. The maximum atomic E-state index is 10.7. The number of carboxylic acids is 2. The Bertz CT molecular complexity index is 661. The first kappa shape index (κ1) is 22.0. The van der Waals surface area contributed by atoms with Gasteiger partial charge in [-0.1, -0.05) is 31.2 Å². The fourth-order valence-corrected chi connectivity index (χ4v) is 2.61. The topological polar surface area (TPSA) is 115 Å². The van der Waals surface area contributed by atoms with Crippen molar-refractivity contribution >= 4 is 11.9 Å². The van der Waals surface area contributed by atoms with Crippen LogP contribution in [0, 0.1) is 0 Å². The molecule has 0 spiro atoms. The first-order valence-corrected chi connectivity index (χ1v) is 8.85. The van der Waals surface area contributed by atoms with Gasteiger partial charge in [-0.3, -0.25) is 9.59 Å². The lowest BCUT2D eigenvalue weighted by Crippen LogP contribution is -2.03. The highest BCUT2D eigenvalue weighted by atomic mass is 16.4. The molecular weight excluding hydrogens is 348 g/mol. The monoisotopic (exact) mass is 374 g/mol. The van der Waals surface area contributed by atoms with E-state index in [-0.39, 0.29) is 23.8 Å². The minimum absolute atomic E-state index is 0.0468. The van der Waals surface area contributed by atoms with Crippen molar-refractivity contribution in [2.24, 2.45) is 0 Å². The Morgan fingerprint density at radius 3 is 1.48 bits per heavy atom. The number of phenolic OH excluding ortho intramolecular Hbond substituents is 2. The molecule has 6 heteroatoms. The molecular formula is C21H26O6. The number of rotatable bonds is 8. The van der Waals surface area contributed by atoms with Gasteiger partial charge in [-0.05, 0) is 54.7 Å². The van der Waals surface area contributed by atoms with Gasteiger partial charge in [0.15, 0.2) is 0 Å². The predicted octanol–water partition coefficient (Wildman–Crippen LogP) is 4.36. The van der Waals surface area contributed by atoms with Gasteiger partial charge in [-0.25, -0.2) is 0 Å². The number of phenols is 2. The fraction of sp³-hybridized carbons (Fsp3) is 0.333. The van der Waals surface area contributed by atoms with E-state index in [2.05, 4.69) is 0 Å². The minimum Gasteiger partial charge on any atom is -0.508 e. The third-order valence-corrected chi connectivity index (χ3v) is 3.94. The Morgan fingerprint density at radius 2 is 1.19 bits per heavy atom. The van der Waals surface area contributed by atoms with E-state index in [1.807, 2.05) is 31.2 Å². The highest BCUT2D eigenvalue weighted by Gasteiger charge is 2.15. The van der Waals surface area contributed by atoms with Crippen LogP contribution in [0.4, 0.5) is 0 Å². The van der Waals surface area contributed by atoms with Crippen molar-refractivity contribution in [3.8, 4) is 11.5 Å². The van der Waals surface area contributed by atoms with Gasteiger partial charge in [-0.15, -0.1) is 0 Å². The SMILES string of the molecule is CCCC(=O)O.O=C(O)CCCC(c1ccc(O)cc1)c1ccc(O)cc1. The van der Waals surface area contributed by atoms with Crippen LogP contribution < -0.4 is 0 Å². The molecule has 146 valence electrons. The predicted molar refractivity (Wildman–Crippen MR) is 102 cm³/mol. The fourth-order valence-electron chi connectivity index (χ4n) is 2.61. The van der Waals surface area contributed by atoms with Gasteiger partial charge in [0.25, 0.3) is 0 Å². The Hall–Kier alpha value is -3.02. The molecule has 0 unspecified atom stereocenters. The number of aromatic hydroxyl groups is 2. The zero-order valence-electron chi connectivity index (χ0n) is 15.3. The molecule has 0 aliphatic carbocycles. The molecule has 0 fully saturated rings. The van der Waals surface area contributed by atoms with Crippen LogP contribution in [0.1, 0.15) is 56.1 Å². The number of hydrogen-bond acceptors (Lipinski definition) is 4. The largest absolute Gasteiger partial charge is 0.508 e. The van der Waals surface area contributed by atoms with E-state index in [9.17, 15) is 19.8 Å². The molecule has 0 saturated carbocycles. The van der Waals surface area contributed by atoms with Gasteiger partial charge in [0.2, 0.25) is 0 Å². The number of aliphatic carboxylic acids is 2.